The van der Waals surface area contributed by atoms with Crippen LogP contribution in [0.5, 0.6) is 0 Å². The van der Waals surface area contributed by atoms with Gasteiger partial charge in [-0.15, -0.1) is 0 Å². The summed E-state index contributed by atoms with van der Waals surface area (Å²) in [5, 5.41) is 0. The molecule has 29 heavy (non-hydrogen) atoms. The van der Waals surface area contributed by atoms with Crippen LogP contribution >= 0.6 is 0 Å². The zero-order valence-corrected chi connectivity index (χ0v) is 18.8. The topological polar surface area (TPSA) is 6.48 Å². The maximum Gasteiger partial charge on any atom is 0.0910 e. The van der Waals surface area contributed by atoms with Gasteiger partial charge in [-0.1, -0.05) is 76.9 Å². The van der Waals surface area contributed by atoms with Gasteiger partial charge in [-0.05, 0) is 60.8 Å². The summed E-state index contributed by atoms with van der Waals surface area (Å²) in [6, 6.07) is 19.6. The summed E-state index contributed by atoms with van der Waals surface area (Å²) in [6.07, 6.45) is 7.70. The van der Waals surface area contributed by atoms with Crippen LogP contribution in [0.15, 0.2) is 48.5 Å². The Morgan fingerprint density at radius 1 is 0.690 bits per heavy atom. The van der Waals surface area contributed by atoms with Crippen molar-refractivity contribution in [1.82, 2.24) is 0 Å². The molecule has 0 amide bonds. The van der Waals surface area contributed by atoms with E-state index in [1.165, 1.54) is 48.2 Å². The Hall–Kier alpha value is -1.96. The van der Waals surface area contributed by atoms with Crippen LogP contribution in [0.4, 0.5) is 11.4 Å². The van der Waals surface area contributed by atoms with E-state index in [-0.39, 0.29) is 0 Å². The number of anilines is 2. The number of hydrogen-bond donors (Lipinski definition) is 0. The summed E-state index contributed by atoms with van der Waals surface area (Å²) in [4.78, 5) is 5.49. The van der Waals surface area contributed by atoms with Gasteiger partial charge in [-0.3, -0.25) is 0 Å². The molecule has 0 spiro atoms. The van der Waals surface area contributed by atoms with E-state index in [0.717, 1.165) is 19.5 Å². The van der Waals surface area contributed by atoms with Crippen LogP contribution in [-0.2, 0) is 12.8 Å². The first-order valence-electron chi connectivity index (χ1n) is 11.7. The molecule has 2 nitrogen and oxygen atoms in total. The molecular weight excluding hydrogens is 352 g/mol. The SMILES string of the molecule is CC(C)Cc1ccccc1N1CN(c2ccccc2CC(C)C)[C@H]2CCCC[C@@H]21. The lowest BCUT2D eigenvalue weighted by molar-refractivity contribution is 0.408. The minimum atomic E-state index is 0.643. The smallest absolute Gasteiger partial charge is 0.0910 e. The van der Waals surface area contributed by atoms with Crippen LogP contribution < -0.4 is 9.80 Å². The van der Waals surface area contributed by atoms with Gasteiger partial charge in [0.25, 0.3) is 0 Å². The molecule has 0 radical (unpaired) electrons. The second kappa shape index (κ2) is 8.81. The quantitative estimate of drug-likeness (QED) is 0.543. The molecule has 0 N–H and O–H groups in total. The van der Waals surface area contributed by atoms with Gasteiger partial charge < -0.3 is 9.80 Å². The molecule has 2 aromatic rings. The molecule has 1 saturated heterocycles. The highest BCUT2D eigenvalue weighted by Crippen LogP contribution is 2.41. The van der Waals surface area contributed by atoms with Crippen LogP contribution in [0.25, 0.3) is 0 Å². The van der Waals surface area contributed by atoms with Gasteiger partial charge in [-0.2, -0.15) is 0 Å². The summed E-state index contributed by atoms with van der Waals surface area (Å²) in [5.41, 5.74) is 5.98. The zero-order chi connectivity index (χ0) is 20.4. The number of para-hydroxylation sites is 2. The van der Waals surface area contributed by atoms with Crippen molar-refractivity contribution < 1.29 is 0 Å². The average molecular weight is 391 g/mol. The van der Waals surface area contributed by atoms with Crippen molar-refractivity contribution in [3.63, 3.8) is 0 Å². The van der Waals surface area contributed by atoms with E-state index in [2.05, 4.69) is 86.0 Å². The maximum atomic E-state index is 2.74. The molecule has 1 aliphatic heterocycles. The van der Waals surface area contributed by atoms with Gasteiger partial charge in [0, 0.05) is 11.4 Å². The number of nitrogens with zero attached hydrogens (tertiary/aromatic N) is 2. The molecule has 2 aromatic carbocycles. The van der Waals surface area contributed by atoms with Gasteiger partial charge in [0.15, 0.2) is 0 Å². The third-order valence-corrected chi connectivity index (χ3v) is 6.66. The minimum Gasteiger partial charge on any atom is -0.349 e. The standard InChI is InChI=1S/C27H38N2/c1-20(2)17-22-11-5-7-13-24(22)28-19-29(27-16-10-9-15-26(27)28)25-14-8-6-12-23(25)18-21(3)4/h5-8,11-14,20-21,26-27H,9-10,15-19H2,1-4H3/t26-,27-/m0/s1. The highest BCUT2D eigenvalue weighted by Gasteiger charge is 2.42. The van der Waals surface area contributed by atoms with E-state index >= 15 is 0 Å². The summed E-state index contributed by atoms with van der Waals surface area (Å²) < 4.78 is 0. The summed E-state index contributed by atoms with van der Waals surface area (Å²) in [7, 11) is 0. The van der Waals surface area contributed by atoms with Crippen molar-refractivity contribution in [3.8, 4) is 0 Å². The molecule has 0 aromatic heterocycles. The van der Waals surface area contributed by atoms with Crippen molar-refractivity contribution in [2.45, 2.75) is 78.3 Å². The second-order valence-corrected chi connectivity index (χ2v) is 9.95. The maximum absolute atomic E-state index is 2.74. The highest BCUT2D eigenvalue weighted by molar-refractivity contribution is 5.63. The van der Waals surface area contributed by atoms with Crippen molar-refractivity contribution in [1.29, 1.82) is 0 Å². The third kappa shape index (κ3) is 4.32. The average Bonchev–Trinajstić information content (AvgIpc) is 3.07. The van der Waals surface area contributed by atoms with Crippen molar-refractivity contribution >= 4 is 11.4 Å². The summed E-state index contributed by atoms with van der Waals surface area (Å²) in [5.74, 6) is 1.37. The predicted molar refractivity (Wildman–Crippen MR) is 126 cm³/mol. The van der Waals surface area contributed by atoms with Gasteiger partial charge in [-0.25, -0.2) is 0 Å². The molecule has 2 atom stereocenters. The van der Waals surface area contributed by atoms with E-state index in [1.807, 2.05) is 0 Å². The molecule has 2 aliphatic rings. The van der Waals surface area contributed by atoms with E-state index in [0.29, 0.717) is 23.9 Å². The van der Waals surface area contributed by atoms with Gasteiger partial charge in [0.1, 0.15) is 0 Å². The number of benzene rings is 2. The fourth-order valence-corrected chi connectivity index (χ4v) is 5.51. The van der Waals surface area contributed by atoms with Crippen LogP contribution in [0.2, 0.25) is 0 Å². The Labute approximate surface area is 177 Å². The molecule has 1 aliphatic carbocycles. The Morgan fingerprint density at radius 3 is 1.52 bits per heavy atom. The molecule has 156 valence electrons. The van der Waals surface area contributed by atoms with Gasteiger partial charge >= 0.3 is 0 Å². The fourth-order valence-electron chi connectivity index (χ4n) is 5.51. The van der Waals surface area contributed by atoms with Crippen LogP contribution in [0.3, 0.4) is 0 Å². The highest BCUT2D eigenvalue weighted by atomic mass is 15.4. The van der Waals surface area contributed by atoms with Crippen LogP contribution in [0, 0.1) is 11.8 Å². The normalized spacial score (nSPS) is 21.9. The lowest BCUT2D eigenvalue weighted by Crippen LogP contribution is -2.40. The molecule has 0 unspecified atom stereocenters. The molecule has 1 saturated carbocycles. The predicted octanol–water partition coefficient (Wildman–Crippen LogP) is 6.68. The summed E-state index contributed by atoms with van der Waals surface area (Å²) >= 11 is 0. The van der Waals surface area contributed by atoms with E-state index in [4.69, 9.17) is 0 Å². The molecule has 0 bridgehead atoms. The second-order valence-electron chi connectivity index (χ2n) is 9.95. The zero-order valence-electron chi connectivity index (χ0n) is 18.8. The van der Waals surface area contributed by atoms with E-state index in [9.17, 15) is 0 Å². The van der Waals surface area contributed by atoms with Crippen molar-refractivity contribution in [2.24, 2.45) is 11.8 Å². The van der Waals surface area contributed by atoms with Crippen molar-refractivity contribution in [3.05, 3.63) is 59.7 Å². The van der Waals surface area contributed by atoms with E-state index < -0.39 is 0 Å². The number of fused-ring (bicyclic) bond motifs is 1. The Bertz CT molecular complexity index is 742. The van der Waals surface area contributed by atoms with Crippen LogP contribution in [0.1, 0.15) is 64.5 Å². The molecule has 1 heterocycles. The molecule has 2 fully saturated rings. The number of hydrogen-bond acceptors (Lipinski definition) is 2. The lowest BCUT2D eigenvalue weighted by atomic mass is 9.89. The number of rotatable bonds is 6. The third-order valence-electron chi connectivity index (χ3n) is 6.66. The Kier molecular flexibility index (Phi) is 6.18. The largest absolute Gasteiger partial charge is 0.349 e. The molecule has 2 heteroatoms. The molecule has 4 rings (SSSR count). The molecular formula is C27H38N2. The summed E-state index contributed by atoms with van der Waals surface area (Å²) in [6.45, 7) is 10.4. The fraction of sp³-hybridized carbons (Fsp3) is 0.556. The lowest BCUT2D eigenvalue weighted by Gasteiger charge is -2.34. The minimum absolute atomic E-state index is 0.643. The van der Waals surface area contributed by atoms with Crippen LogP contribution in [-0.4, -0.2) is 18.8 Å². The Balaban J connectivity index is 1.70. The first-order valence-corrected chi connectivity index (χ1v) is 11.7. The first-order chi connectivity index (χ1) is 14.0. The van der Waals surface area contributed by atoms with Gasteiger partial charge in [0.05, 0.1) is 18.8 Å². The monoisotopic (exact) mass is 390 g/mol. The first kappa shape index (κ1) is 20.3. The van der Waals surface area contributed by atoms with E-state index in [1.54, 1.807) is 0 Å². The Morgan fingerprint density at radius 2 is 1.10 bits per heavy atom. The van der Waals surface area contributed by atoms with Crippen molar-refractivity contribution in [2.75, 3.05) is 16.5 Å². The van der Waals surface area contributed by atoms with Gasteiger partial charge in [0.2, 0.25) is 0 Å².